The molecule has 2 heteroatoms. The van der Waals surface area contributed by atoms with E-state index < -0.39 is 4.75 Å². The van der Waals surface area contributed by atoms with Crippen LogP contribution in [0.2, 0.25) is 0 Å². The molecular weight excluding hydrogens is 168 g/mol. The van der Waals surface area contributed by atoms with Crippen molar-refractivity contribution in [2.45, 2.75) is 18.1 Å². The van der Waals surface area contributed by atoms with Crippen molar-refractivity contribution in [1.82, 2.24) is 0 Å². The van der Waals surface area contributed by atoms with Crippen molar-refractivity contribution in [2.24, 2.45) is 0 Å². The monoisotopic (exact) mass is 179 g/mol. The highest BCUT2D eigenvalue weighted by Crippen LogP contribution is 2.16. The van der Waals surface area contributed by atoms with Crippen molar-refractivity contribution in [1.29, 1.82) is 0 Å². The van der Waals surface area contributed by atoms with Gasteiger partial charge in [0.25, 0.3) is 0 Å². The van der Waals surface area contributed by atoms with Crippen LogP contribution in [0.1, 0.15) is 12.5 Å². The first kappa shape index (κ1) is 9.33. The minimum atomic E-state index is -0.665. The summed E-state index contributed by atoms with van der Waals surface area (Å²) in [4.78, 5) is 10.4. The van der Waals surface area contributed by atoms with Crippen LogP contribution in [0.4, 0.5) is 0 Å². The normalized spacial score (nSPS) is 15.2. The first-order valence-electron chi connectivity index (χ1n) is 3.80. The van der Waals surface area contributed by atoms with Crippen LogP contribution in [0, 0.1) is 0 Å². The lowest BCUT2D eigenvalue weighted by Gasteiger charge is -2.13. The van der Waals surface area contributed by atoms with Crippen LogP contribution in [0.3, 0.4) is 0 Å². The molecular formula is C10H11OS. The van der Waals surface area contributed by atoms with E-state index in [1.807, 2.05) is 36.6 Å². The van der Waals surface area contributed by atoms with Gasteiger partial charge in [-0.1, -0.05) is 30.3 Å². The molecule has 1 aromatic carbocycles. The Hall–Kier alpha value is -0.760. The third-order valence-electron chi connectivity index (χ3n) is 1.61. The quantitative estimate of drug-likeness (QED) is 0.702. The molecule has 1 rings (SSSR count). The van der Waals surface area contributed by atoms with Crippen LogP contribution in [-0.2, 0) is 11.2 Å². The van der Waals surface area contributed by atoms with E-state index >= 15 is 0 Å². The average molecular weight is 179 g/mol. The maximum Gasteiger partial charge on any atom is 0.215 e. The smallest absolute Gasteiger partial charge is 0.215 e. The molecule has 1 aromatic rings. The van der Waals surface area contributed by atoms with Crippen LogP contribution in [-0.4, -0.2) is 11.0 Å². The summed E-state index contributed by atoms with van der Waals surface area (Å²) in [5.74, 6) is 0. The van der Waals surface area contributed by atoms with Crippen LogP contribution >= 0.6 is 12.6 Å². The second-order valence-electron chi connectivity index (χ2n) is 3.04. The van der Waals surface area contributed by atoms with Crippen molar-refractivity contribution >= 4 is 18.9 Å². The molecule has 0 bridgehead atoms. The van der Waals surface area contributed by atoms with Gasteiger partial charge in [0.15, 0.2) is 0 Å². The number of rotatable bonds is 3. The lowest BCUT2D eigenvalue weighted by Crippen LogP contribution is -2.21. The fraction of sp³-hybridized carbons (Fsp3) is 0.300. The Bertz CT molecular complexity index is 254. The largest absolute Gasteiger partial charge is 0.289 e. The standard InChI is InChI=1S/C10H11OS/c1-10(12,8-11)7-9-5-3-2-4-6-9/h2-6,12H,7H2,1H3. The van der Waals surface area contributed by atoms with Crippen LogP contribution in [0.25, 0.3) is 0 Å². The van der Waals surface area contributed by atoms with Crippen molar-refractivity contribution in [3.8, 4) is 0 Å². The molecule has 0 saturated heterocycles. The van der Waals surface area contributed by atoms with Crippen molar-refractivity contribution < 1.29 is 4.79 Å². The van der Waals surface area contributed by atoms with Gasteiger partial charge in [-0.3, -0.25) is 4.79 Å². The minimum absolute atomic E-state index is 0.625. The predicted octanol–water partition coefficient (Wildman–Crippen LogP) is 2.03. The maximum absolute atomic E-state index is 10.4. The SMILES string of the molecule is CC(S)([C]=O)Cc1ccccc1. The van der Waals surface area contributed by atoms with Gasteiger partial charge in [-0.15, -0.1) is 0 Å². The third-order valence-corrected chi connectivity index (χ3v) is 1.86. The zero-order valence-electron chi connectivity index (χ0n) is 6.95. The lowest BCUT2D eigenvalue weighted by atomic mass is 10.0. The van der Waals surface area contributed by atoms with E-state index in [2.05, 4.69) is 12.6 Å². The van der Waals surface area contributed by atoms with Crippen LogP contribution in [0.15, 0.2) is 30.3 Å². The molecule has 0 N–H and O–H groups in total. The molecule has 0 aliphatic rings. The Morgan fingerprint density at radius 1 is 1.42 bits per heavy atom. The number of hydrogen-bond donors (Lipinski definition) is 1. The lowest BCUT2D eigenvalue weighted by molar-refractivity contribution is 0.537. The molecule has 0 amide bonds. The first-order chi connectivity index (χ1) is 5.64. The molecule has 0 aromatic heterocycles. The first-order valence-corrected chi connectivity index (χ1v) is 4.24. The molecule has 1 nitrogen and oxygen atoms in total. The Morgan fingerprint density at radius 2 is 2.00 bits per heavy atom. The predicted molar refractivity (Wildman–Crippen MR) is 53.2 cm³/mol. The van der Waals surface area contributed by atoms with Gasteiger partial charge in [0.2, 0.25) is 6.29 Å². The molecule has 63 valence electrons. The highest BCUT2D eigenvalue weighted by Gasteiger charge is 2.19. The number of carbonyl (C=O) groups excluding carboxylic acids is 1. The summed E-state index contributed by atoms with van der Waals surface area (Å²) in [6, 6.07) is 9.80. The Labute approximate surface area is 78.2 Å². The van der Waals surface area contributed by atoms with Crippen molar-refractivity contribution in [3.63, 3.8) is 0 Å². The summed E-state index contributed by atoms with van der Waals surface area (Å²) >= 11 is 4.17. The van der Waals surface area contributed by atoms with E-state index in [4.69, 9.17) is 0 Å². The summed E-state index contributed by atoms with van der Waals surface area (Å²) < 4.78 is -0.665. The molecule has 1 unspecified atom stereocenters. The van der Waals surface area contributed by atoms with E-state index in [1.54, 1.807) is 6.92 Å². The second kappa shape index (κ2) is 3.76. The van der Waals surface area contributed by atoms with Gasteiger partial charge in [0, 0.05) is 0 Å². The molecule has 0 saturated carbocycles. The maximum atomic E-state index is 10.4. The van der Waals surface area contributed by atoms with E-state index in [0.29, 0.717) is 6.42 Å². The van der Waals surface area contributed by atoms with Crippen molar-refractivity contribution in [2.75, 3.05) is 0 Å². The third kappa shape index (κ3) is 2.70. The molecule has 1 atom stereocenters. The highest BCUT2D eigenvalue weighted by molar-refractivity contribution is 7.82. The Morgan fingerprint density at radius 3 is 2.50 bits per heavy atom. The highest BCUT2D eigenvalue weighted by atomic mass is 32.1. The molecule has 0 aliphatic heterocycles. The molecule has 0 fully saturated rings. The molecule has 0 aliphatic carbocycles. The van der Waals surface area contributed by atoms with Crippen LogP contribution in [0.5, 0.6) is 0 Å². The number of benzene rings is 1. The van der Waals surface area contributed by atoms with E-state index in [9.17, 15) is 4.79 Å². The molecule has 12 heavy (non-hydrogen) atoms. The zero-order chi connectivity index (χ0) is 9.03. The van der Waals surface area contributed by atoms with Gasteiger partial charge < -0.3 is 0 Å². The Kier molecular flexibility index (Phi) is 2.93. The summed E-state index contributed by atoms with van der Waals surface area (Å²) in [7, 11) is 0. The molecule has 0 heterocycles. The number of thiol groups is 1. The molecule has 0 spiro atoms. The van der Waals surface area contributed by atoms with E-state index in [-0.39, 0.29) is 0 Å². The van der Waals surface area contributed by atoms with Gasteiger partial charge in [-0.25, -0.2) is 0 Å². The van der Waals surface area contributed by atoms with E-state index in [1.165, 1.54) is 0 Å². The van der Waals surface area contributed by atoms with Gasteiger partial charge >= 0.3 is 0 Å². The zero-order valence-corrected chi connectivity index (χ0v) is 7.84. The summed E-state index contributed by atoms with van der Waals surface area (Å²) in [6.45, 7) is 1.76. The number of hydrogen-bond acceptors (Lipinski definition) is 2. The summed E-state index contributed by atoms with van der Waals surface area (Å²) in [6.07, 6.45) is 2.53. The van der Waals surface area contributed by atoms with Gasteiger partial charge in [-0.05, 0) is 18.9 Å². The van der Waals surface area contributed by atoms with Crippen LogP contribution < -0.4 is 0 Å². The minimum Gasteiger partial charge on any atom is -0.289 e. The van der Waals surface area contributed by atoms with Gasteiger partial charge in [0.1, 0.15) is 0 Å². The van der Waals surface area contributed by atoms with Gasteiger partial charge in [-0.2, -0.15) is 12.6 Å². The summed E-state index contributed by atoms with van der Waals surface area (Å²) in [5, 5.41) is 0. The summed E-state index contributed by atoms with van der Waals surface area (Å²) in [5.41, 5.74) is 1.11. The fourth-order valence-corrected chi connectivity index (χ4v) is 1.21. The Balaban J connectivity index is 2.70. The second-order valence-corrected chi connectivity index (χ2v) is 4.03. The van der Waals surface area contributed by atoms with Crippen molar-refractivity contribution in [3.05, 3.63) is 35.9 Å². The molecule has 1 radical (unpaired) electrons. The fourth-order valence-electron chi connectivity index (χ4n) is 1.03. The average Bonchev–Trinajstić information content (AvgIpc) is 2.06. The topological polar surface area (TPSA) is 17.1 Å². The van der Waals surface area contributed by atoms with E-state index in [0.717, 1.165) is 5.56 Å². The van der Waals surface area contributed by atoms with Gasteiger partial charge in [0.05, 0.1) is 4.75 Å².